The van der Waals surface area contributed by atoms with Gasteiger partial charge < -0.3 is 28.6 Å². The molecule has 2 amide bonds. The first kappa shape index (κ1) is 40.2. The number of hydrogen-bond donors (Lipinski definition) is 2. The number of halogens is 1. The number of hydrogen-bond acceptors (Lipinski definition) is 13. The number of piperidine rings is 1. The van der Waals surface area contributed by atoms with Crippen LogP contribution in [0.4, 0.5) is 10.2 Å². The van der Waals surface area contributed by atoms with Crippen LogP contribution in [0.2, 0.25) is 0 Å². The molecule has 0 spiro atoms. The number of piperazine rings is 1. The normalized spacial score (nSPS) is 19.5. The zero-order valence-corrected chi connectivity index (χ0v) is 32.5. The maximum absolute atomic E-state index is 14.6. The van der Waals surface area contributed by atoms with Crippen molar-refractivity contribution < 1.29 is 42.5 Å². The molecular formula is C41H50FN7O8. The van der Waals surface area contributed by atoms with E-state index in [1.807, 2.05) is 24.3 Å². The number of anilines is 1. The Bertz CT molecular complexity index is 2040. The van der Waals surface area contributed by atoms with E-state index in [1.54, 1.807) is 6.33 Å². The maximum atomic E-state index is 14.6. The Morgan fingerprint density at radius 3 is 2.42 bits per heavy atom. The molecule has 1 unspecified atom stereocenters. The van der Waals surface area contributed by atoms with Crippen LogP contribution in [0.15, 0.2) is 48.8 Å². The Morgan fingerprint density at radius 1 is 0.930 bits per heavy atom. The molecule has 4 aromatic rings. The number of benzene rings is 2. The van der Waals surface area contributed by atoms with E-state index in [4.69, 9.17) is 23.7 Å². The Hall–Kier alpha value is -5.03. The molecule has 1 aliphatic carbocycles. The van der Waals surface area contributed by atoms with Crippen LogP contribution >= 0.6 is 0 Å². The Labute approximate surface area is 330 Å². The molecule has 2 aromatic heterocycles. The van der Waals surface area contributed by atoms with Gasteiger partial charge in [0.2, 0.25) is 11.8 Å². The third kappa shape index (κ3) is 10.7. The Morgan fingerprint density at radius 2 is 1.68 bits per heavy atom. The van der Waals surface area contributed by atoms with Gasteiger partial charge in [0.25, 0.3) is 0 Å². The molecule has 304 valence electrons. The monoisotopic (exact) mass is 787 g/mol. The van der Waals surface area contributed by atoms with Gasteiger partial charge in [0.05, 0.1) is 56.4 Å². The SMILES string of the molecule is C[C@H]1CN(c2cc(-c3n[nH]c4ccc(OC5(C)CC5)cc34)ncn2)CCN1CCOCCOCCOCCOc1ccc(C(=O)CC2CCC(=O)NC2=O)c(F)c1. The lowest BCUT2D eigenvalue weighted by molar-refractivity contribution is -0.136. The van der Waals surface area contributed by atoms with Crippen LogP contribution in [0.1, 0.15) is 56.3 Å². The highest BCUT2D eigenvalue weighted by Gasteiger charge is 2.40. The van der Waals surface area contributed by atoms with E-state index >= 15 is 0 Å². The predicted octanol–water partition coefficient (Wildman–Crippen LogP) is 4.36. The number of aromatic nitrogens is 4. The third-order valence-corrected chi connectivity index (χ3v) is 10.6. The molecule has 0 bridgehead atoms. The zero-order valence-electron chi connectivity index (χ0n) is 32.5. The average molecular weight is 788 g/mol. The van der Waals surface area contributed by atoms with Gasteiger partial charge in [-0.05, 0) is 63.4 Å². The fourth-order valence-electron chi connectivity index (χ4n) is 7.02. The van der Waals surface area contributed by atoms with E-state index in [2.05, 4.69) is 49.1 Å². The summed E-state index contributed by atoms with van der Waals surface area (Å²) >= 11 is 0. The number of amides is 2. The first-order chi connectivity index (χ1) is 27.6. The van der Waals surface area contributed by atoms with Crippen molar-refractivity contribution in [1.29, 1.82) is 0 Å². The molecule has 2 atom stereocenters. The maximum Gasteiger partial charge on any atom is 0.230 e. The molecule has 3 fully saturated rings. The van der Waals surface area contributed by atoms with Gasteiger partial charge in [-0.1, -0.05) is 0 Å². The van der Waals surface area contributed by atoms with Gasteiger partial charge in [0.15, 0.2) is 5.78 Å². The number of nitrogens with zero attached hydrogens (tertiary/aromatic N) is 5. The summed E-state index contributed by atoms with van der Waals surface area (Å²) in [5.41, 5.74) is 2.32. The lowest BCUT2D eigenvalue weighted by Gasteiger charge is -2.40. The highest BCUT2D eigenvalue weighted by atomic mass is 19.1. The van der Waals surface area contributed by atoms with Gasteiger partial charge in [-0.2, -0.15) is 5.10 Å². The van der Waals surface area contributed by atoms with Crippen molar-refractivity contribution in [3.05, 3.63) is 60.2 Å². The fraction of sp³-hybridized carbons (Fsp3) is 0.512. The van der Waals surface area contributed by atoms with Crippen molar-refractivity contribution >= 4 is 34.3 Å². The van der Waals surface area contributed by atoms with Crippen LogP contribution in [0.25, 0.3) is 22.3 Å². The molecule has 2 N–H and O–H groups in total. The summed E-state index contributed by atoms with van der Waals surface area (Å²) in [4.78, 5) is 49.7. The number of nitrogens with one attached hydrogen (secondary N) is 2. The molecule has 3 aliphatic rings. The number of rotatable bonds is 20. The molecular weight excluding hydrogens is 737 g/mol. The average Bonchev–Trinajstić information content (AvgIpc) is 3.77. The lowest BCUT2D eigenvalue weighted by atomic mass is 9.91. The summed E-state index contributed by atoms with van der Waals surface area (Å²) in [6.45, 7) is 10.5. The van der Waals surface area contributed by atoms with Crippen LogP contribution in [0, 0.1) is 11.7 Å². The largest absolute Gasteiger partial charge is 0.491 e. The summed E-state index contributed by atoms with van der Waals surface area (Å²) < 4.78 is 43.4. The number of aromatic amines is 1. The van der Waals surface area contributed by atoms with Crippen molar-refractivity contribution in [1.82, 2.24) is 30.4 Å². The van der Waals surface area contributed by atoms with Gasteiger partial charge in [0, 0.05) is 68.5 Å². The summed E-state index contributed by atoms with van der Waals surface area (Å²) in [6, 6.07) is 12.3. The van der Waals surface area contributed by atoms with Crippen molar-refractivity contribution in [2.24, 2.45) is 5.92 Å². The second-order valence-electron chi connectivity index (χ2n) is 15.0. The highest BCUT2D eigenvalue weighted by Crippen LogP contribution is 2.40. The number of imide groups is 1. The van der Waals surface area contributed by atoms with Crippen LogP contribution < -0.4 is 19.7 Å². The van der Waals surface area contributed by atoms with Crippen molar-refractivity contribution in [3.8, 4) is 22.9 Å². The minimum Gasteiger partial charge on any atom is -0.491 e. The molecule has 2 aromatic carbocycles. The number of carbonyl (C=O) groups excluding carboxylic acids is 3. The fourth-order valence-corrected chi connectivity index (χ4v) is 7.02. The van der Waals surface area contributed by atoms with Crippen LogP contribution in [0.5, 0.6) is 11.5 Å². The van der Waals surface area contributed by atoms with Crippen molar-refractivity contribution in [2.45, 2.75) is 57.6 Å². The minimum absolute atomic E-state index is 0.0589. The second-order valence-corrected chi connectivity index (χ2v) is 15.0. The summed E-state index contributed by atoms with van der Waals surface area (Å²) in [5, 5.41) is 10.9. The number of ether oxygens (including phenoxy) is 5. The number of H-pyrrole nitrogens is 1. The Kier molecular flexibility index (Phi) is 13.0. The second kappa shape index (κ2) is 18.5. The van der Waals surface area contributed by atoms with Gasteiger partial charge in [0.1, 0.15) is 47.4 Å². The number of Topliss-reactive ketones (excluding diaryl/α,β-unsaturated/α-hetero) is 1. The van der Waals surface area contributed by atoms with Gasteiger partial charge >= 0.3 is 0 Å². The molecule has 57 heavy (non-hydrogen) atoms. The number of fused-ring (bicyclic) bond motifs is 1. The Balaban J connectivity index is 0.732. The van der Waals surface area contributed by atoms with Crippen LogP contribution in [-0.4, -0.2) is 127 Å². The third-order valence-electron chi connectivity index (χ3n) is 10.6. The van der Waals surface area contributed by atoms with Gasteiger partial charge in [-0.15, -0.1) is 0 Å². The van der Waals surface area contributed by atoms with E-state index in [-0.39, 0.29) is 55.3 Å². The topological polar surface area (TPSA) is 170 Å². The molecule has 2 saturated heterocycles. The van der Waals surface area contributed by atoms with E-state index in [9.17, 15) is 18.8 Å². The predicted molar refractivity (Wildman–Crippen MR) is 208 cm³/mol. The minimum atomic E-state index is -0.727. The van der Waals surface area contributed by atoms with Crippen LogP contribution in [0.3, 0.4) is 0 Å². The van der Waals surface area contributed by atoms with E-state index < -0.39 is 23.4 Å². The van der Waals surface area contributed by atoms with E-state index in [0.717, 1.165) is 78.9 Å². The molecule has 1 saturated carbocycles. The molecule has 4 heterocycles. The smallest absolute Gasteiger partial charge is 0.230 e. The van der Waals surface area contributed by atoms with Crippen molar-refractivity contribution in [3.63, 3.8) is 0 Å². The molecule has 0 radical (unpaired) electrons. The molecule has 15 nitrogen and oxygen atoms in total. The quantitative estimate of drug-likeness (QED) is 0.0737. The molecule has 2 aliphatic heterocycles. The van der Waals surface area contributed by atoms with Crippen LogP contribution in [-0.2, 0) is 23.8 Å². The summed E-state index contributed by atoms with van der Waals surface area (Å²) in [7, 11) is 0. The zero-order chi connectivity index (χ0) is 39.8. The van der Waals surface area contributed by atoms with Crippen molar-refractivity contribution in [2.75, 3.05) is 77.3 Å². The summed E-state index contributed by atoms with van der Waals surface area (Å²) in [6.07, 6.45) is 4.03. The molecule has 16 heteroatoms. The molecule has 7 rings (SSSR count). The standard InChI is InChI=1S/C41H50FN7O8/c1-27-25-49(37-24-35(43-26-44-37)39-32-22-30(57-41(2)9-10-41)5-7-34(32)46-47-39)12-11-48(27)13-14-53-15-16-54-17-18-55-19-20-56-29-4-6-31(33(42)23-29)36(50)21-28-3-8-38(51)45-40(28)52/h4-7,22-24,26-28H,3,8-21,25H2,1-2H3,(H,46,47)(H,45,51,52)/t27-,28?/m0/s1. The summed E-state index contributed by atoms with van der Waals surface area (Å²) in [5.74, 6) is -0.730. The first-order valence-corrected chi connectivity index (χ1v) is 19.7. The highest BCUT2D eigenvalue weighted by molar-refractivity contribution is 6.03. The van der Waals surface area contributed by atoms with E-state index in [0.29, 0.717) is 39.1 Å². The lowest BCUT2D eigenvalue weighted by Crippen LogP contribution is -2.53. The number of carbonyl (C=O) groups is 3. The van der Waals surface area contributed by atoms with Gasteiger partial charge in [-0.3, -0.25) is 29.7 Å². The number of ketones is 1. The first-order valence-electron chi connectivity index (χ1n) is 19.7. The van der Waals surface area contributed by atoms with Gasteiger partial charge in [-0.25, -0.2) is 14.4 Å². The van der Waals surface area contributed by atoms with E-state index in [1.165, 1.54) is 12.1 Å².